The number of likely N-dealkylation sites (tertiary alicyclic amines) is 1. The van der Waals surface area contributed by atoms with E-state index in [1.165, 1.54) is 51.6 Å². The molecule has 15 heavy (non-hydrogen) atoms. The summed E-state index contributed by atoms with van der Waals surface area (Å²) in [5.74, 6) is 0. The Morgan fingerprint density at radius 2 is 1.53 bits per heavy atom. The van der Waals surface area contributed by atoms with Gasteiger partial charge in [-0.3, -0.25) is 0 Å². The van der Waals surface area contributed by atoms with E-state index in [0.29, 0.717) is 11.5 Å². The molecule has 2 rings (SSSR count). The van der Waals surface area contributed by atoms with E-state index >= 15 is 0 Å². The van der Waals surface area contributed by atoms with Gasteiger partial charge in [0.2, 0.25) is 0 Å². The Hall–Kier alpha value is -0.0800. The lowest BCUT2D eigenvalue weighted by Gasteiger charge is -2.43. The second-order valence-electron chi connectivity index (χ2n) is 6.27. The van der Waals surface area contributed by atoms with Crippen LogP contribution < -0.4 is 5.73 Å². The van der Waals surface area contributed by atoms with Gasteiger partial charge in [0.15, 0.2) is 0 Å². The van der Waals surface area contributed by atoms with Gasteiger partial charge in [-0.2, -0.15) is 0 Å². The van der Waals surface area contributed by atoms with E-state index in [4.69, 9.17) is 5.73 Å². The highest BCUT2D eigenvalue weighted by Crippen LogP contribution is 2.33. The molecule has 0 amide bonds. The summed E-state index contributed by atoms with van der Waals surface area (Å²) in [6.07, 6.45) is 7.89. The van der Waals surface area contributed by atoms with Gasteiger partial charge in [0.05, 0.1) is 0 Å². The molecule has 0 spiro atoms. The first kappa shape index (κ1) is 11.4. The standard InChI is InChI=1S/C13H26N2/c1-13(2)7-9-15(10-8-13)12-5-3-11(14)4-6-12/h11-12H,3-10,14H2,1-2H3/t11-,12-. The third-order valence-electron chi connectivity index (χ3n) is 4.41. The van der Waals surface area contributed by atoms with Crippen LogP contribution in [0.1, 0.15) is 52.4 Å². The van der Waals surface area contributed by atoms with Crippen molar-refractivity contribution in [2.75, 3.05) is 13.1 Å². The lowest BCUT2D eigenvalue weighted by Crippen LogP contribution is -2.46. The number of nitrogens with two attached hydrogens (primary N) is 1. The minimum atomic E-state index is 0.488. The zero-order valence-electron chi connectivity index (χ0n) is 10.3. The molecule has 0 aromatic rings. The van der Waals surface area contributed by atoms with Gasteiger partial charge in [0, 0.05) is 12.1 Å². The van der Waals surface area contributed by atoms with Gasteiger partial charge in [0.1, 0.15) is 0 Å². The molecule has 1 aliphatic carbocycles. The summed E-state index contributed by atoms with van der Waals surface area (Å²) in [6, 6.07) is 1.34. The zero-order valence-corrected chi connectivity index (χ0v) is 10.3. The van der Waals surface area contributed by atoms with E-state index in [1.54, 1.807) is 0 Å². The molecule has 1 aliphatic heterocycles. The van der Waals surface area contributed by atoms with Crippen LogP contribution in [0.5, 0.6) is 0 Å². The second-order valence-corrected chi connectivity index (χ2v) is 6.27. The molecule has 2 heteroatoms. The molecule has 88 valence electrons. The predicted octanol–water partition coefficient (Wildman–Crippen LogP) is 2.38. The molecule has 2 nitrogen and oxygen atoms in total. The van der Waals surface area contributed by atoms with Gasteiger partial charge in [-0.05, 0) is 57.0 Å². The first-order valence-corrected chi connectivity index (χ1v) is 6.56. The van der Waals surface area contributed by atoms with Gasteiger partial charge >= 0.3 is 0 Å². The average Bonchev–Trinajstić information content (AvgIpc) is 2.20. The molecule has 1 heterocycles. The molecule has 2 aliphatic rings. The van der Waals surface area contributed by atoms with E-state index in [2.05, 4.69) is 18.7 Å². The Kier molecular flexibility index (Phi) is 3.36. The van der Waals surface area contributed by atoms with Crippen molar-refractivity contribution in [1.82, 2.24) is 4.90 Å². The zero-order chi connectivity index (χ0) is 10.9. The third-order valence-corrected chi connectivity index (χ3v) is 4.41. The molecule has 0 unspecified atom stereocenters. The van der Waals surface area contributed by atoms with Crippen LogP contribution in [0, 0.1) is 5.41 Å². The van der Waals surface area contributed by atoms with Crippen molar-refractivity contribution in [3.8, 4) is 0 Å². The van der Waals surface area contributed by atoms with E-state index in [-0.39, 0.29) is 0 Å². The summed E-state index contributed by atoms with van der Waals surface area (Å²) in [4.78, 5) is 2.72. The van der Waals surface area contributed by atoms with Gasteiger partial charge < -0.3 is 10.6 Å². The van der Waals surface area contributed by atoms with Crippen molar-refractivity contribution in [3.05, 3.63) is 0 Å². The summed E-state index contributed by atoms with van der Waals surface area (Å²) < 4.78 is 0. The number of nitrogens with zero attached hydrogens (tertiary/aromatic N) is 1. The highest BCUT2D eigenvalue weighted by Gasteiger charge is 2.30. The number of rotatable bonds is 1. The van der Waals surface area contributed by atoms with Gasteiger partial charge in [-0.15, -0.1) is 0 Å². The molecule has 0 bridgehead atoms. The second kappa shape index (κ2) is 4.42. The summed E-state index contributed by atoms with van der Waals surface area (Å²) in [6.45, 7) is 7.43. The summed E-state index contributed by atoms with van der Waals surface area (Å²) >= 11 is 0. The van der Waals surface area contributed by atoms with E-state index in [0.717, 1.165) is 6.04 Å². The average molecular weight is 210 g/mol. The van der Waals surface area contributed by atoms with Crippen LogP contribution in [0.25, 0.3) is 0 Å². The van der Waals surface area contributed by atoms with Crippen molar-refractivity contribution in [2.24, 2.45) is 11.1 Å². The molecule has 0 aromatic carbocycles. The minimum Gasteiger partial charge on any atom is -0.328 e. The van der Waals surface area contributed by atoms with Crippen molar-refractivity contribution in [3.63, 3.8) is 0 Å². The SMILES string of the molecule is CC1(C)CCN([C@H]2CC[C@H](N)CC2)CC1. The monoisotopic (exact) mass is 210 g/mol. The van der Waals surface area contributed by atoms with Crippen molar-refractivity contribution in [1.29, 1.82) is 0 Å². The highest BCUT2D eigenvalue weighted by molar-refractivity contribution is 4.86. The Morgan fingerprint density at radius 3 is 2.07 bits per heavy atom. The van der Waals surface area contributed by atoms with Crippen LogP contribution in [-0.4, -0.2) is 30.1 Å². The predicted molar refractivity (Wildman–Crippen MR) is 64.8 cm³/mol. The first-order chi connectivity index (χ1) is 7.07. The summed E-state index contributed by atoms with van der Waals surface area (Å²) in [7, 11) is 0. The van der Waals surface area contributed by atoms with Crippen molar-refractivity contribution < 1.29 is 0 Å². The quantitative estimate of drug-likeness (QED) is 0.720. The number of hydrogen-bond donors (Lipinski definition) is 1. The first-order valence-electron chi connectivity index (χ1n) is 6.56. The minimum absolute atomic E-state index is 0.488. The molecule has 0 aromatic heterocycles. The Balaban J connectivity index is 1.80. The Bertz CT molecular complexity index is 195. The van der Waals surface area contributed by atoms with Crippen LogP contribution in [0.3, 0.4) is 0 Å². The van der Waals surface area contributed by atoms with E-state index in [1.807, 2.05) is 0 Å². The maximum Gasteiger partial charge on any atom is 0.00964 e. The van der Waals surface area contributed by atoms with Gasteiger partial charge in [0.25, 0.3) is 0 Å². The van der Waals surface area contributed by atoms with E-state index < -0.39 is 0 Å². The smallest absolute Gasteiger partial charge is 0.00964 e. The van der Waals surface area contributed by atoms with Crippen LogP contribution in [-0.2, 0) is 0 Å². The van der Waals surface area contributed by atoms with Crippen molar-refractivity contribution in [2.45, 2.75) is 64.5 Å². The highest BCUT2D eigenvalue weighted by atomic mass is 15.2. The fourth-order valence-corrected chi connectivity index (χ4v) is 2.96. The maximum absolute atomic E-state index is 5.95. The Morgan fingerprint density at radius 1 is 1.00 bits per heavy atom. The molecule has 1 saturated carbocycles. The number of piperidine rings is 1. The molecule has 2 N–H and O–H groups in total. The van der Waals surface area contributed by atoms with Crippen LogP contribution in [0.15, 0.2) is 0 Å². The van der Waals surface area contributed by atoms with Crippen LogP contribution in [0.4, 0.5) is 0 Å². The molecular weight excluding hydrogens is 184 g/mol. The third kappa shape index (κ3) is 2.94. The summed E-state index contributed by atoms with van der Waals surface area (Å²) in [5, 5.41) is 0. The van der Waals surface area contributed by atoms with Gasteiger partial charge in [-0.25, -0.2) is 0 Å². The molecule has 0 radical (unpaired) electrons. The van der Waals surface area contributed by atoms with Gasteiger partial charge in [-0.1, -0.05) is 13.8 Å². The fourth-order valence-electron chi connectivity index (χ4n) is 2.96. The topological polar surface area (TPSA) is 29.3 Å². The Labute approximate surface area is 94.2 Å². The molecular formula is C13H26N2. The van der Waals surface area contributed by atoms with Crippen molar-refractivity contribution >= 4 is 0 Å². The lowest BCUT2D eigenvalue weighted by molar-refractivity contribution is 0.0737. The number of hydrogen-bond acceptors (Lipinski definition) is 2. The molecule has 1 saturated heterocycles. The lowest BCUT2D eigenvalue weighted by atomic mass is 9.81. The molecule has 2 fully saturated rings. The van der Waals surface area contributed by atoms with E-state index in [9.17, 15) is 0 Å². The molecule has 0 atom stereocenters. The fraction of sp³-hybridized carbons (Fsp3) is 1.00. The van der Waals surface area contributed by atoms with Crippen LogP contribution >= 0.6 is 0 Å². The summed E-state index contributed by atoms with van der Waals surface area (Å²) in [5.41, 5.74) is 6.54. The van der Waals surface area contributed by atoms with Crippen LogP contribution in [0.2, 0.25) is 0 Å². The normalized spacial score (nSPS) is 37.8. The largest absolute Gasteiger partial charge is 0.328 e. The maximum atomic E-state index is 5.95.